The van der Waals surface area contributed by atoms with Crippen LogP contribution in [0.15, 0.2) is 30.3 Å². The van der Waals surface area contributed by atoms with Crippen LogP contribution in [0.4, 0.5) is 0 Å². The van der Waals surface area contributed by atoms with Crippen molar-refractivity contribution in [3.05, 3.63) is 47.3 Å². The van der Waals surface area contributed by atoms with Gasteiger partial charge in [-0.3, -0.25) is 4.68 Å². The van der Waals surface area contributed by atoms with Crippen LogP contribution in [0.1, 0.15) is 17.0 Å². The largest absolute Gasteiger partial charge is 0.497 e. The number of aryl methyl sites for hydroxylation is 2. The molecule has 1 atom stereocenters. The van der Waals surface area contributed by atoms with Gasteiger partial charge in [-0.25, -0.2) is 0 Å². The number of ether oxygens (including phenoxy) is 1. The molecule has 4 nitrogen and oxygen atoms in total. The smallest absolute Gasteiger partial charge is 0.118 e. The molecule has 0 bridgehead atoms. The number of hydrogen-bond acceptors (Lipinski definition) is 3. The standard InChI is InChI=1S/C17H25N3O/c1-13-9-16(20(3)19-13)11-15(12-18-2)10-14-5-7-17(21-4)8-6-14/h5-9,15,18H,10-12H2,1-4H3. The second kappa shape index (κ2) is 7.27. The molecular weight excluding hydrogens is 262 g/mol. The molecule has 4 heteroatoms. The van der Waals surface area contributed by atoms with Crippen LogP contribution in [0.25, 0.3) is 0 Å². The highest BCUT2D eigenvalue weighted by molar-refractivity contribution is 5.27. The zero-order valence-corrected chi connectivity index (χ0v) is 13.4. The van der Waals surface area contributed by atoms with Crippen molar-refractivity contribution in [1.29, 1.82) is 0 Å². The molecule has 1 heterocycles. The molecule has 1 N–H and O–H groups in total. The molecular formula is C17H25N3O. The van der Waals surface area contributed by atoms with E-state index in [1.807, 2.05) is 37.8 Å². The molecule has 1 aromatic heterocycles. The van der Waals surface area contributed by atoms with Crippen molar-refractivity contribution >= 4 is 0 Å². The van der Waals surface area contributed by atoms with Gasteiger partial charge in [0.05, 0.1) is 12.8 Å². The van der Waals surface area contributed by atoms with Gasteiger partial charge in [-0.2, -0.15) is 5.10 Å². The molecule has 0 radical (unpaired) electrons. The van der Waals surface area contributed by atoms with Crippen molar-refractivity contribution in [3.63, 3.8) is 0 Å². The fourth-order valence-corrected chi connectivity index (χ4v) is 2.75. The summed E-state index contributed by atoms with van der Waals surface area (Å²) >= 11 is 0. The number of rotatable bonds is 7. The van der Waals surface area contributed by atoms with E-state index in [1.165, 1.54) is 11.3 Å². The van der Waals surface area contributed by atoms with Crippen LogP contribution < -0.4 is 10.1 Å². The molecule has 0 aliphatic carbocycles. The van der Waals surface area contributed by atoms with Crippen LogP contribution in [0.3, 0.4) is 0 Å². The summed E-state index contributed by atoms with van der Waals surface area (Å²) in [5.74, 6) is 1.46. The van der Waals surface area contributed by atoms with Crippen molar-refractivity contribution in [3.8, 4) is 5.75 Å². The SMILES string of the molecule is CNCC(Cc1ccc(OC)cc1)Cc1cc(C)nn1C. The summed E-state index contributed by atoms with van der Waals surface area (Å²) in [4.78, 5) is 0. The first-order valence-electron chi connectivity index (χ1n) is 7.39. The minimum Gasteiger partial charge on any atom is -0.497 e. The quantitative estimate of drug-likeness (QED) is 0.849. The maximum atomic E-state index is 5.21. The molecule has 0 aliphatic heterocycles. The number of benzene rings is 1. The van der Waals surface area contributed by atoms with Crippen LogP contribution in [-0.4, -0.2) is 30.5 Å². The van der Waals surface area contributed by atoms with E-state index in [2.05, 4.69) is 28.6 Å². The Morgan fingerprint density at radius 3 is 2.48 bits per heavy atom. The number of nitrogens with zero attached hydrogens (tertiary/aromatic N) is 2. The van der Waals surface area contributed by atoms with Gasteiger partial charge in [0.1, 0.15) is 5.75 Å². The maximum Gasteiger partial charge on any atom is 0.118 e. The van der Waals surface area contributed by atoms with Crippen molar-refractivity contribution in [2.75, 3.05) is 20.7 Å². The van der Waals surface area contributed by atoms with E-state index in [9.17, 15) is 0 Å². The third-order valence-electron chi connectivity index (χ3n) is 3.77. The lowest BCUT2D eigenvalue weighted by atomic mass is 9.94. The zero-order valence-electron chi connectivity index (χ0n) is 13.4. The van der Waals surface area contributed by atoms with Crippen molar-refractivity contribution in [1.82, 2.24) is 15.1 Å². The van der Waals surface area contributed by atoms with E-state index in [0.717, 1.165) is 30.8 Å². The molecule has 1 unspecified atom stereocenters. The predicted molar refractivity (Wildman–Crippen MR) is 85.8 cm³/mol. The van der Waals surface area contributed by atoms with Gasteiger partial charge in [0.15, 0.2) is 0 Å². The first-order chi connectivity index (χ1) is 10.1. The Kier molecular flexibility index (Phi) is 5.39. The fraction of sp³-hybridized carbons (Fsp3) is 0.471. The summed E-state index contributed by atoms with van der Waals surface area (Å²) in [6.45, 7) is 3.04. The summed E-state index contributed by atoms with van der Waals surface area (Å²) in [7, 11) is 5.73. The van der Waals surface area contributed by atoms with Gasteiger partial charge < -0.3 is 10.1 Å². The molecule has 2 rings (SSSR count). The van der Waals surface area contributed by atoms with Crippen molar-refractivity contribution < 1.29 is 4.74 Å². The third-order valence-corrected chi connectivity index (χ3v) is 3.77. The van der Waals surface area contributed by atoms with Crippen molar-refractivity contribution in [2.45, 2.75) is 19.8 Å². The Morgan fingerprint density at radius 2 is 1.95 bits per heavy atom. The molecule has 0 aliphatic rings. The molecule has 0 fully saturated rings. The second-order valence-electron chi connectivity index (χ2n) is 5.58. The molecule has 0 saturated heterocycles. The van der Waals surface area contributed by atoms with Gasteiger partial charge in [0.25, 0.3) is 0 Å². The van der Waals surface area contributed by atoms with Crippen LogP contribution in [0, 0.1) is 12.8 Å². The first-order valence-corrected chi connectivity index (χ1v) is 7.39. The Morgan fingerprint density at radius 1 is 1.24 bits per heavy atom. The van der Waals surface area contributed by atoms with E-state index < -0.39 is 0 Å². The summed E-state index contributed by atoms with van der Waals surface area (Å²) in [5.41, 5.74) is 3.72. The lowest BCUT2D eigenvalue weighted by Gasteiger charge is -2.17. The second-order valence-corrected chi connectivity index (χ2v) is 5.58. The molecule has 21 heavy (non-hydrogen) atoms. The van der Waals surface area contributed by atoms with E-state index in [-0.39, 0.29) is 0 Å². The maximum absolute atomic E-state index is 5.21. The van der Waals surface area contributed by atoms with Gasteiger partial charge in [-0.1, -0.05) is 12.1 Å². The van der Waals surface area contributed by atoms with Crippen molar-refractivity contribution in [2.24, 2.45) is 13.0 Å². The van der Waals surface area contributed by atoms with Gasteiger partial charge in [0, 0.05) is 12.7 Å². The number of nitrogens with one attached hydrogen (secondary N) is 1. The highest BCUT2D eigenvalue weighted by Gasteiger charge is 2.13. The third kappa shape index (κ3) is 4.33. The molecule has 114 valence electrons. The highest BCUT2D eigenvalue weighted by atomic mass is 16.5. The minimum absolute atomic E-state index is 0.554. The van der Waals surface area contributed by atoms with Crippen LogP contribution in [0.5, 0.6) is 5.75 Å². The fourth-order valence-electron chi connectivity index (χ4n) is 2.75. The molecule has 0 saturated carbocycles. The van der Waals surface area contributed by atoms with Crippen LogP contribution in [0.2, 0.25) is 0 Å². The monoisotopic (exact) mass is 287 g/mol. The van der Waals surface area contributed by atoms with E-state index >= 15 is 0 Å². The Bertz CT molecular complexity index is 560. The van der Waals surface area contributed by atoms with Crippen LogP contribution in [-0.2, 0) is 19.9 Å². The molecule has 0 spiro atoms. The number of methoxy groups -OCH3 is 1. The number of hydrogen-bond donors (Lipinski definition) is 1. The molecule has 1 aromatic carbocycles. The first kappa shape index (κ1) is 15.6. The van der Waals surface area contributed by atoms with Gasteiger partial charge >= 0.3 is 0 Å². The Labute approximate surface area is 127 Å². The summed E-state index contributed by atoms with van der Waals surface area (Å²) < 4.78 is 7.20. The topological polar surface area (TPSA) is 39.1 Å². The average molecular weight is 287 g/mol. The predicted octanol–water partition coefficient (Wildman–Crippen LogP) is 2.36. The van der Waals surface area contributed by atoms with Gasteiger partial charge in [-0.05, 0) is 63.0 Å². The van der Waals surface area contributed by atoms with E-state index in [4.69, 9.17) is 4.74 Å². The average Bonchev–Trinajstić information content (AvgIpc) is 2.78. The molecule has 2 aromatic rings. The van der Waals surface area contributed by atoms with E-state index in [0.29, 0.717) is 5.92 Å². The van der Waals surface area contributed by atoms with Crippen LogP contribution >= 0.6 is 0 Å². The molecule has 0 amide bonds. The normalized spacial score (nSPS) is 12.4. The Hall–Kier alpha value is -1.81. The zero-order chi connectivity index (χ0) is 15.2. The van der Waals surface area contributed by atoms with Gasteiger partial charge in [-0.15, -0.1) is 0 Å². The lowest BCUT2D eigenvalue weighted by molar-refractivity contribution is 0.414. The number of aromatic nitrogens is 2. The summed E-state index contributed by atoms with van der Waals surface area (Å²) in [6.07, 6.45) is 2.08. The highest BCUT2D eigenvalue weighted by Crippen LogP contribution is 2.17. The minimum atomic E-state index is 0.554. The summed E-state index contributed by atoms with van der Waals surface area (Å²) in [5, 5.41) is 7.74. The summed E-state index contributed by atoms with van der Waals surface area (Å²) in [6, 6.07) is 10.5. The lowest BCUT2D eigenvalue weighted by Crippen LogP contribution is -2.23. The Balaban J connectivity index is 2.05. The van der Waals surface area contributed by atoms with E-state index in [1.54, 1.807) is 7.11 Å². The van der Waals surface area contributed by atoms with Gasteiger partial charge in [0.2, 0.25) is 0 Å².